The Balaban J connectivity index is 2.15. The standard InChI is InChI=1S/C18H21NO5/c1-12(20)15-16(13-8-4-2-5-9-13)19(18(24)17(15)23)11-7-3-6-10-14(21)22/h2,4-5,8-9,16,23H,3,6-7,10-11H2,1H3,(H,21,22)/p-1/t16-/m0/s1. The Bertz CT molecular complexity index is 665. The van der Waals surface area contributed by atoms with Gasteiger partial charge in [0.25, 0.3) is 5.91 Å². The lowest BCUT2D eigenvalue weighted by atomic mass is 9.96. The number of unbranched alkanes of at least 4 members (excludes halogenated alkanes) is 2. The normalized spacial score (nSPS) is 17.5. The summed E-state index contributed by atoms with van der Waals surface area (Å²) < 4.78 is 0. The number of Topliss-reactive ketones (excluding diaryl/α,β-unsaturated/α-hetero) is 1. The lowest BCUT2D eigenvalue weighted by molar-refractivity contribution is -0.305. The third kappa shape index (κ3) is 3.82. The third-order valence-electron chi connectivity index (χ3n) is 4.08. The van der Waals surface area contributed by atoms with Crippen molar-refractivity contribution in [3.63, 3.8) is 0 Å². The molecule has 6 nitrogen and oxygen atoms in total. The van der Waals surface area contributed by atoms with Gasteiger partial charge in [-0.3, -0.25) is 9.59 Å². The fraction of sp³-hybridized carbons (Fsp3) is 0.389. The van der Waals surface area contributed by atoms with Gasteiger partial charge in [-0.25, -0.2) is 0 Å². The number of ketones is 1. The maximum absolute atomic E-state index is 12.3. The number of carbonyl (C=O) groups is 3. The molecule has 0 fully saturated rings. The molecule has 1 aromatic rings. The zero-order valence-electron chi connectivity index (χ0n) is 13.5. The first-order chi connectivity index (χ1) is 11.4. The highest BCUT2D eigenvalue weighted by molar-refractivity contribution is 6.08. The van der Waals surface area contributed by atoms with Crippen molar-refractivity contribution < 1.29 is 24.6 Å². The Morgan fingerprint density at radius 1 is 1.17 bits per heavy atom. The molecular formula is C18H20NO5-. The highest BCUT2D eigenvalue weighted by Gasteiger charge is 2.41. The number of aliphatic hydroxyl groups is 1. The van der Waals surface area contributed by atoms with Gasteiger partial charge >= 0.3 is 0 Å². The quantitative estimate of drug-likeness (QED) is 0.724. The molecule has 128 valence electrons. The Hall–Kier alpha value is -2.63. The van der Waals surface area contributed by atoms with Gasteiger partial charge in [0.05, 0.1) is 11.6 Å². The molecule has 24 heavy (non-hydrogen) atoms. The summed E-state index contributed by atoms with van der Waals surface area (Å²) in [5.74, 6) is -2.48. The topological polar surface area (TPSA) is 97.7 Å². The number of aliphatic carboxylic acids is 1. The van der Waals surface area contributed by atoms with Crippen molar-refractivity contribution in [2.75, 3.05) is 6.54 Å². The van der Waals surface area contributed by atoms with Crippen LogP contribution in [0.2, 0.25) is 0 Å². The average Bonchev–Trinajstić information content (AvgIpc) is 2.80. The molecule has 1 N–H and O–H groups in total. The van der Waals surface area contributed by atoms with E-state index in [-0.39, 0.29) is 17.8 Å². The van der Waals surface area contributed by atoms with Crippen LogP contribution in [-0.2, 0) is 14.4 Å². The lowest BCUT2D eigenvalue weighted by Crippen LogP contribution is -2.32. The summed E-state index contributed by atoms with van der Waals surface area (Å²) in [6.07, 6.45) is 1.66. The minimum absolute atomic E-state index is 0.0156. The van der Waals surface area contributed by atoms with Crippen molar-refractivity contribution in [3.8, 4) is 0 Å². The van der Waals surface area contributed by atoms with Gasteiger partial charge in [-0.15, -0.1) is 0 Å². The van der Waals surface area contributed by atoms with Crippen LogP contribution in [0.4, 0.5) is 0 Å². The highest BCUT2D eigenvalue weighted by Crippen LogP contribution is 2.37. The molecule has 2 rings (SSSR count). The molecule has 0 saturated heterocycles. The van der Waals surface area contributed by atoms with E-state index >= 15 is 0 Å². The van der Waals surface area contributed by atoms with Crippen LogP contribution in [0.5, 0.6) is 0 Å². The Kier molecular flexibility index (Phi) is 5.73. The van der Waals surface area contributed by atoms with Crippen LogP contribution in [0.25, 0.3) is 0 Å². The van der Waals surface area contributed by atoms with Gasteiger partial charge in [-0.1, -0.05) is 36.8 Å². The monoisotopic (exact) mass is 330 g/mol. The summed E-state index contributed by atoms with van der Waals surface area (Å²) in [5, 5.41) is 20.5. The van der Waals surface area contributed by atoms with E-state index < -0.39 is 23.7 Å². The summed E-state index contributed by atoms with van der Waals surface area (Å²) in [6.45, 7) is 1.67. The second-order valence-electron chi connectivity index (χ2n) is 5.81. The van der Waals surface area contributed by atoms with Crippen molar-refractivity contribution in [2.24, 2.45) is 0 Å². The summed E-state index contributed by atoms with van der Waals surface area (Å²) in [5.41, 5.74) is 0.871. The fourth-order valence-electron chi connectivity index (χ4n) is 2.95. The van der Waals surface area contributed by atoms with Crippen LogP contribution in [0.15, 0.2) is 41.7 Å². The number of rotatable bonds is 8. The maximum Gasteiger partial charge on any atom is 0.290 e. The van der Waals surface area contributed by atoms with Crippen LogP contribution >= 0.6 is 0 Å². The molecule has 0 spiro atoms. The van der Waals surface area contributed by atoms with Gasteiger partial charge in [-0.2, -0.15) is 0 Å². The Morgan fingerprint density at radius 2 is 1.83 bits per heavy atom. The molecule has 1 atom stereocenters. The Morgan fingerprint density at radius 3 is 2.42 bits per heavy atom. The number of carboxylic acids is 1. The molecule has 1 heterocycles. The van der Waals surface area contributed by atoms with Crippen molar-refractivity contribution in [2.45, 2.75) is 38.6 Å². The van der Waals surface area contributed by atoms with Crippen molar-refractivity contribution in [1.82, 2.24) is 4.90 Å². The SMILES string of the molecule is CC(=O)C1=C(O)C(=O)N(CCCCCC(=O)[O-])[C@H]1c1ccccc1. The smallest absolute Gasteiger partial charge is 0.290 e. The van der Waals surface area contributed by atoms with E-state index in [0.29, 0.717) is 25.8 Å². The number of benzene rings is 1. The van der Waals surface area contributed by atoms with Crippen LogP contribution in [-0.4, -0.2) is 34.2 Å². The van der Waals surface area contributed by atoms with Crippen LogP contribution in [0.3, 0.4) is 0 Å². The fourth-order valence-corrected chi connectivity index (χ4v) is 2.95. The first-order valence-corrected chi connectivity index (χ1v) is 7.93. The molecule has 0 aromatic heterocycles. The lowest BCUT2D eigenvalue weighted by Gasteiger charge is -2.26. The number of carbonyl (C=O) groups excluding carboxylic acids is 3. The molecule has 0 unspecified atom stereocenters. The average molecular weight is 330 g/mol. The van der Waals surface area contributed by atoms with Gasteiger partial charge in [0, 0.05) is 12.5 Å². The number of aliphatic hydroxyl groups excluding tert-OH is 1. The minimum atomic E-state index is -1.09. The molecule has 1 aliphatic rings. The number of nitrogens with zero attached hydrogens (tertiary/aromatic N) is 1. The van der Waals surface area contributed by atoms with Crippen LogP contribution in [0.1, 0.15) is 44.2 Å². The van der Waals surface area contributed by atoms with Gasteiger partial charge in [0.2, 0.25) is 0 Å². The van der Waals surface area contributed by atoms with Gasteiger partial charge in [0.1, 0.15) is 0 Å². The largest absolute Gasteiger partial charge is 0.550 e. The predicted octanol–water partition coefficient (Wildman–Crippen LogP) is 1.28. The maximum atomic E-state index is 12.3. The van der Waals surface area contributed by atoms with E-state index in [0.717, 1.165) is 5.56 Å². The first-order valence-electron chi connectivity index (χ1n) is 7.93. The second kappa shape index (κ2) is 7.77. The highest BCUT2D eigenvalue weighted by atomic mass is 16.4. The third-order valence-corrected chi connectivity index (χ3v) is 4.08. The molecular weight excluding hydrogens is 310 g/mol. The molecule has 1 aromatic carbocycles. The molecule has 0 saturated carbocycles. The van der Waals surface area contributed by atoms with E-state index in [1.165, 1.54) is 11.8 Å². The van der Waals surface area contributed by atoms with Gasteiger partial charge < -0.3 is 19.9 Å². The van der Waals surface area contributed by atoms with Crippen molar-refractivity contribution in [3.05, 3.63) is 47.2 Å². The van der Waals surface area contributed by atoms with E-state index in [4.69, 9.17) is 0 Å². The van der Waals surface area contributed by atoms with E-state index in [1.54, 1.807) is 0 Å². The van der Waals surface area contributed by atoms with Crippen LogP contribution in [0, 0.1) is 0 Å². The summed E-state index contributed by atoms with van der Waals surface area (Å²) >= 11 is 0. The molecule has 0 bridgehead atoms. The number of amides is 1. The number of hydrogen-bond acceptors (Lipinski definition) is 5. The number of carboxylic acid groups (broad SMARTS) is 1. The van der Waals surface area contributed by atoms with E-state index in [9.17, 15) is 24.6 Å². The summed E-state index contributed by atoms with van der Waals surface area (Å²) in [4.78, 5) is 36.1. The zero-order valence-corrected chi connectivity index (χ0v) is 13.5. The molecule has 1 amide bonds. The van der Waals surface area contributed by atoms with Crippen LogP contribution < -0.4 is 5.11 Å². The molecule has 1 aliphatic heterocycles. The first kappa shape index (κ1) is 17.7. The van der Waals surface area contributed by atoms with Crippen molar-refractivity contribution >= 4 is 17.7 Å². The van der Waals surface area contributed by atoms with E-state index in [1.807, 2.05) is 30.3 Å². The second-order valence-corrected chi connectivity index (χ2v) is 5.81. The Labute approximate surface area is 140 Å². The van der Waals surface area contributed by atoms with E-state index in [2.05, 4.69) is 0 Å². The van der Waals surface area contributed by atoms with Gasteiger partial charge in [-0.05, 0) is 31.7 Å². The minimum Gasteiger partial charge on any atom is -0.550 e. The van der Waals surface area contributed by atoms with Crippen molar-refractivity contribution in [1.29, 1.82) is 0 Å². The number of hydrogen-bond donors (Lipinski definition) is 1. The zero-order chi connectivity index (χ0) is 17.7. The molecule has 0 radical (unpaired) electrons. The summed E-state index contributed by atoms with van der Waals surface area (Å²) in [6, 6.07) is 8.47. The molecule has 6 heteroatoms. The predicted molar refractivity (Wildman–Crippen MR) is 84.7 cm³/mol. The molecule has 0 aliphatic carbocycles. The van der Waals surface area contributed by atoms with Gasteiger partial charge in [0.15, 0.2) is 11.5 Å². The summed E-state index contributed by atoms with van der Waals surface area (Å²) in [7, 11) is 0.